The molecule has 2 aromatic rings. The molecule has 0 amide bonds. The summed E-state index contributed by atoms with van der Waals surface area (Å²) in [7, 11) is 0. The van der Waals surface area contributed by atoms with E-state index in [-0.39, 0.29) is 16.1 Å². The molecule has 86 valence electrons. The highest BCUT2D eigenvalue weighted by Crippen LogP contribution is 2.28. The maximum absolute atomic E-state index is 13.4. The van der Waals surface area contributed by atoms with Crippen molar-refractivity contribution < 1.29 is 9.18 Å². The van der Waals surface area contributed by atoms with E-state index in [1.54, 1.807) is 18.2 Å². The molecule has 0 spiro atoms. The largest absolute Gasteiger partial charge is 0.288 e. The topological polar surface area (TPSA) is 30.0 Å². The number of rotatable bonds is 2. The van der Waals surface area contributed by atoms with Crippen LogP contribution in [0, 0.1) is 5.82 Å². The molecule has 0 atom stereocenters. The van der Waals surface area contributed by atoms with Crippen LogP contribution in [0.25, 0.3) is 0 Å². The van der Waals surface area contributed by atoms with E-state index in [2.05, 4.69) is 20.9 Å². The summed E-state index contributed by atoms with van der Waals surface area (Å²) in [5.41, 5.74) is 0.214. The lowest BCUT2D eigenvalue weighted by Gasteiger charge is -2.05. The van der Waals surface area contributed by atoms with Gasteiger partial charge in [-0.05, 0) is 34.1 Å². The molecule has 0 radical (unpaired) electrons. The third-order valence-electron chi connectivity index (χ3n) is 2.21. The van der Waals surface area contributed by atoms with Gasteiger partial charge in [0.15, 0.2) is 11.6 Å². The van der Waals surface area contributed by atoms with Crippen LogP contribution in [0.15, 0.2) is 41.1 Å². The normalized spacial score (nSPS) is 10.3. The van der Waals surface area contributed by atoms with Gasteiger partial charge in [0.2, 0.25) is 0 Å². The molecular formula is C12H6BrClFNO. The summed E-state index contributed by atoms with van der Waals surface area (Å²) in [6.07, 6.45) is 2.36. The van der Waals surface area contributed by atoms with Gasteiger partial charge in [-0.25, -0.2) is 4.39 Å². The lowest BCUT2D eigenvalue weighted by atomic mass is 10.0. The zero-order valence-corrected chi connectivity index (χ0v) is 10.8. The fourth-order valence-corrected chi connectivity index (χ4v) is 1.96. The van der Waals surface area contributed by atoms with E-state index in [9.17, 15) is 9.18 Å². The fourth-order valence-electron chi connectivity index (χ4n) is 1.38. The summed E-state index contributed by atoms with van der Waals surface area (Å²) >= 11 is 9.20. The van der Waals surface area contributed by atoms with Crippen LogP contribution >= 0.6 is 27.5 Å². The van der Waals surface area contributed by atoms with Gasteiger partial charge in [0.1, 0.15) is 0 Å². The van der Waals surface area contributed by atoms with E-state index in [0.717, 1.165) is 6.20 Å². The van der Waals surface area contributed by atoms with Crippen molar-refractivity contribution in [2.45, 2.75) is 0 Å². The summed E-state index contributed by atoms with van der Waals surface area (Å²) in [6, 6.07) is 6.26. The van der Waals surface area contributed by atoms with Crippen molar-refractivity contribution in [2.75, 3.05) is 0 Å². The molecule has 0 aliphatic rings. The molecule has 0 bridgehead atoms. The SMILES string of the molecule is O=C(c1ccncc1F)c1cccc(Br)c1Cl. The minimum absolute atomic E-state index is 0.0417. The van der Waals surface area contributed by atoms with E-state index in [4.69, 9.17) is 11.6 Å². The van der Waals surface area contributed by atoms with Crippen LogP contribution in [-0.2, 0) is 0 Å². The van der Waals surface area contributed by atoms with Crippen molar-refractivity contribution in [1.82, 2.24) is 4.98 Å². The van der Waals surface area contributed by atoms with Gasteiger partial charge in [-0.15, -0.1) is 0 Å². The predicted molar refractivity (Wildman–Crippen MR) is 66.8 cm³/mol. The average Bonchev–Trinajstić information content (AvgIpc) is 2.32. The predicted octanol–water partition coefficient (Wildman–Crippen LogP) is 3.87. The lowest BCUT2D eigenvalue weighted by molar-refractivity contribution is 0.103. The summed E-state index contributed by atoms with van der Waals surface area (Å²) in [5.74, 6) is -1.12. The van der Waals surface area contributed by atoms with E-state index in [0.29, 0.717) is 4.47 Å². The van der Waals surface area contributed by atoms with Gasteiger partial charge in [0.25, 0.3) is 0 Å². The maximum Gasteiger partial charge on any atom is 0.197 e. The Kier molecular flexibility index (Phi) is 3.54. The van der Waals surface area contributed by atoms with Crippen LogP contribution < -0.4 is 0 Å². The molecule has 0 saturated carbocycles. The Hall–Kier alpha value is -1.26. The molecule has 1 heterocycles. The first kappa shape index (κ1) is 12.2. The van der Waals surface area contributed by atoms with Crippen LogP contribution in [0.5, 0.6) is 0 Å². The number of pyridine rings is 1. The molecule has 2 rings (SSSR count). The Morgan fingerprint density at radius 3 is 2.76 bits per heavy atom. The molecule has 0 aliphatic carbocycles. The molecule has 1 aromatic carbocycles. The zero-order valence-electron chi connectivity index (χ0n) is 8.45. The van der Waals surface area contributed by atoms with Crippen molar-refractivity contribution in [3.05, 3.63) is 63.1 Å². The van der Waals surface area contributed by atoms with Crippen molar-refractivity contribution in [3.63, 3.8) is 0 Å². The molecule has 17 heavy (non-hydrogen) atoms. The third kappa shape index (κ3) is 2.37. The fraction of sp³-hybridized carbons (Fsp3) is 0. The summed E-state index contributed by atoms with van der Waals surface area (Å²) in [6.45, 7) is 0. The van der Waals surface area contributed by atoms with Crippen LogP contribution in [0.2, 0.25) is 5.02 Å². The van der Waals surface area contributed by atoms with E-state index >= 15 is 0 Å². The van der Waals surface area contributed by atoms with E-state index in [1.165, 1.54) is 12.3 Å². The molecule has 0 fully saturated rings. The molecule has 0 aliphatic heterocycles. The van der Waals surface area contributed by atoms with Crippen molar-refractivity contribution in [1.29, 1.82) is 0 Å². The van der Waals surface area contributed by atoms with Crippen LogP contribution in [0.4, 0.5) is 4.39 Å². The number of halogens is 3. The smallest absolute Gasteiger partial charge is 0.197 e. The highest BCUT2D eigenvalue weighted by molar-refractivity contribution is 9.10. The monoisotopic (exact) mass is 313 g/mol. The van der Waals surface area contributed by atoms with Gasteiger partial charge in [0, 0.05) is 16.2 Å². The van der Waals surface area contributed by atoms with Gasteiger partial charge in [-0.2, -0.15) is 0 Å². The summed E-state index contributed by atoms with van der Waals surface area (Å²) in [5, 5.41) is 0.272. The Morgan fingerprint density at radius 2 is 2.06 bits per heavy atom. The average molecular weight is 315 g/mol. The maximum atomic E-state index is 13.4. The minimum Gasteiger partial charge on any atom is -0.288 e. The van der Waals surface area contributed by atoms with Gasteiger partial charge in [-0.3, -0.25) is 9.78 Å². The highest BCUT2D eigenvalue weighted by atomic mass is 79.9. The number of hydrogen-bond donors (Lipinski definition) is 0. The summed E-state index contributed by atoms with van der Waals surface area (Å²) < 4.78 is 14.0. The number of nitrogens with zero attached hydrogens (tertiary/aromatic N) is 1. The molecule has 5 heteroatoms. The van der Waals surface area contributed by atoms with Crippen molar-refractivity contribution >= 4 is 33.3 Å². The Labute approximate surface area is 111 Å². The minimum atomic E-state index is -0.659. The summed E-state index contributed by atoms with van der Waals surface area (Å²) in [4.78, 5) is 15.7. The number of carbonyl (C=O) groups excluding carboxylic acids is 1. The zero-order chi connectivity index (χ0) is 12.4. The third-order valence-corrected chi connectivity index (χ3v) is 3.51. The number of aromatic nitrogens is 1. The van der Waals surface area contributed by atoms with Crippen LogP contribution in [0.1, 0.15) is 15.9 Å². The van der Waals surface area contributed by atoms with Gasteiger partial charge in [-0.1, -0.05) is 17.7 Å². The Balaban J connectivity index is 2.52. The number of ketones is 1. The first-order chi connectivity index (χ1) is 8.11. The molecule has 0 saturated heterocycles. The van der Waals surface area contributed by atoms with Crippen molar-refractivity contribution in [2.24, 2.45) is 0 Å². The van der Waals surface area contributed by atoms with Crippen molar-refractivity contribution in [3.8, 4) is 0 Å². The number of hydrogen-bond acceptors (Lipinski definition) is 2. The number of benzene rings is 1. The second-order valence-corrected chi connectivity index (χ2v) is 4.52. The first-order valence-corrected chi connectivity index (χ1v) is 5.86. The second kappa shape index (κ2) is 4.94. The first-order valence-electron chi connectivity index (χ1n) is 4.69. The Bertz CT molecular complexity index is 588. The quantitative estimate of drug-likeness (QED) is 0.788. The highest BCUT2D eigenvalue weighted by Gasteiger charge is 2.17. The lowest BCUT2D eigenvalue weighted by Crippen LogP contribution is -2.05. The van der Waals surface area contributed by atoms with Gasteiger partial charge < -0.3 is 0 Å². The molecular weight excluding hydrogens is 308 g/mol. The van der Waals surface area contributed by atoms with E-state index < -0.39 is 11.6 Å². The molecule has 1 aromatic heterocycles. The van der Waals surface area contributed by atoms with Gasteiger partial charge >= 0.3 is 0 Å². The van der Waals surface area contributed by atoms with Crippen LogP contribution in [0.3, 0.4) is 0 Å². The van der Waals surface area contributed by atoms with Crippen LogP contribution in [-0.4, -0.2) is 10.8 Å². The Morgan fingerprint density at radius 1 is 1.29 bits per heavy atom. The molecule has 0 N–H and O–H groups in total. The standard InChI is InChI=1S/C12H6BrClFNO/c13-9-3-1-2-8(11(9)14)12(17)7-4-5-16-6-10(7)15/h1-6H. The number of carbonyl (C=O) groups is 1. The van der Waals surface area contributed by atoms with E-state index in [1.807, 2.05) is 0 Å². The second-order valence-electron chi connectivity index (χ2n) is 3.29. The van der Waals surface area contributed by atoms with Gasteiger partial charge in [0.05, 0.1) is 16.8 Å². The molecule has 2 nitrogen and oxygen atoms in total. The molecule has 0 unspecified atom stereocenters.